The van der Waals surface area contributed by atoms with Crippen molar-refractivity contribution in [3.8, 4) is 0 Å². The molecule has 0 unspecified atom stereocenters. The van der Waals surface area contributed by atoms with Crippen LogP contribution in [0.25, 0.3) is 52.8 Å². The zero-order valence-electron chi connectivity index (χ0n) is 24.1. The van der Waals surface area contributed by atoms with Crippen LogP contribution >= 0.6 is 11.3 Å². The molecule has 8 rings (SSSR count). The van der Waals surface area contributed by atoms with E-state index in [-0.39, 0.29) is 5.43 Å². The minimum absolute atomic E-state index is 0.0873. The first-order chi connectivity index (χ1) is 21.1. The number of fused-ring (bicyclic) bond motifs is 9. The molecule has 5 heteroatoms. The second kappa shape index (κ2) is 10.4. The number of oxime groups is 1. The molecule has 0 radical (unpaired) electrons. The molecule has 1 aliphatic carbocycles. The molecule has 1 N–H and O–H groups in total. The van der Waals surface area contributed by atoms with Crippen molar-refractivity contribution in [2.45, 2.75) is 45.6 Å². The molecule has 4 nitrogen and oxygen atoms in total. The normalized spacial score (nSPS) is 15.0. The lowest BCUT2D eigenvalue weighted by Gasteiger charge is -2.23. The SMILES string of the molecule is Cc1ccccc1/C(=N/O)c1ccc2c(c1)c1c3sc4ccccc4c(=O)c3c3ccccc3c1n2CC1CCCCC1. The van der Waals surface area contributed by atoms with Crippen molar-refractivity contribution >= 4 is 69.8 Å². The number of rotatable bonds is 4. The van der Waals surface area contributed by atoms with Crippen molar-refractivity contribution in [1.82, 2.24) is 4.57 Å². The van der Waals surface area contributed by atoms with Gasteiger partial charge in [-0.05, 0) is 60.9 Å². The Labute approximate surface area is 253 Å². The van der Waals surface area contributed by atoms with Gasteiger partial charge in [-0.15, -0.1) is 11.3 Å². The topological polar surface area (TPSA) is 54.6 Å². The van der Waals surface area contributed by atoms with E-state index in [1.54, 1.807) is 11.3 Å². The van der Waals surface area contributed by atoms with Crippen LogP contribution in [-0.2, 0) is 6.54 Å². The molecule has 1 aliphatic rings. The summed E-state index contributed by atoms with van der Waals surface area (Å²) in [5.74, 6) is 0.624. The lowest BCUT2D eigenvalue weighted by atomic mass is 9.89. The summed E-state index contributed by atoms with van der Waals surface area (Å²) in [5.41, 5.74) is 5.82. The van der Waals surface area contributed by atoms with Crippen LogP contribution in [0.3, 0.4) is 0 Å². The lowest BCUT2D eigenvalue weighted by Crippen LogP contribution is -2.14. The highest BCUT2D eigenvalue weighted by atomic mass is 32.1. The molecule has 0 amide bonds. The Morgan fingerprint density at radius 2 is 1.56 bits per heavy atom. The highest BCUT2D eigenvalue weighted by Crippen LogP contribution is 2.44. The van der Waals surface area contributed by atoms with Gasteiger partial charge in [-0.1, -0.05) is 91.1 Å². The van der Waals surface area contributed by atoms with Crippen LogP contribution in [0.4, 0.5) is 0 Å². The fraction of sp³-hybridized carbons (Fsp3) is 0.211. The fourth-order valence-electron chi connectivity index (χ4n) is 7.41. The third kappa shape index (κ3) is 4.09. The highest BCUT2D eigenvalue weighted by molar-refractivity contribution is 7.25. The van der Waals surface area contributed by atoms with Gasteiger partial charge < -0.3 is 9.77 Å². The van der Waals surface area contributed by atoms with Gasteiger partial charge in [-0.25, -0.2) is 0 Å². The molecular weight excluding hydrogens is 548 g/mol. The summed E-state index contributed by atoms with van der Waals surface area (Å²) in [6.45, 7) is 2.99. The van der Waals surface area contributed by atoms with Gasteiger partial charge in [0.2, 0.25) is 0 Å². The highest BCUT2D eigenvalue weighted by Gasteiger charge is 2.24. The molecule has 43 heavy (non-hydrogen) atoms. The fourth-order valence-corrected chi connectivity index (χ4v) is 8.66. The number of hydrogen-bond acceptors (Lipinski definition) is 4. The van der Waals surface area contributed by atoms with Gasteiger partial charge in [0.15, 0.2) is 5.43 Å². The van der Waals surface area contributed by atoms with Crippen LogP contribution in [0.5, 0.6) is 0 Å². The zero-order chi connectivity index (χ0) is 29.1. The Morgan fingerprint density at radius 1 is 0.837 bits per heavy atom. The van der Waals surface area contributed by atoms with E-state index in [2.05, 4.69) is 52.2 Å². The largest absolute Gasteiger partial charge is 0.410 e. The first kappa shape index (κ1) is 26.2. The van der Waals surface area contributed by atoms with E-state index in [1.165, 1.54) is 37.6 Å². The predicted octanol–water partition coefficient (Wildman–Crippen LogP) is 9.79. The van der Waals surface area contributed by atoms with Crippen molar-refractivity contribution in [3.05, 3.63) is 118 Å². The van der Waals surface area contributed by atoms with Crippen molar-refractivity contribution in [2.75, 3.05) is 0 Å². The predicted molar refractivity (Wildman–Crippen MR) is 181 cm³/mol. The van der Waals surface area contributed by atoms with Gasteiger partial charge in [0.05, 0.1) is 5.52 Å². The summed E-state index contributed by atoms with van der Waals surface area (Å²) in [6, 6.07) is 30.9. The molecule has 1 fully saturated rings. The molecule has 212 valence electrons. The summed E-state index contributed by atoms with van der Waals surface area (Å²) in [4.78, 5) is 14.2. The average molecular weight is 581 g/mol. The van der Waals surface area contributed by atoms with Gasteiger partial charge in [-0.2, -0.15) is 0 Å². The van der Waals surface area contributed by atoms with Crippen LogP contribution in [0.1, 0.15) is 48.8 Å². The molecule has 0 bridgehead atoms. The molecule has 2 aromatic heterocycles. The van der Waals surface area contributed by atoms with E-state index in [9.17, 15) is 10.0 Å². The maximum absolute atomic E-state index is 14.2. The number of aryl methyl sites for hydroxylation is 1. The lowest BCUT2D eigenvalue weighted by molar-refractivity contribution is 0.319. The maximum Gasteiger partial charge on any atom is 0.196 e. The van der Waals surface area contributed by atoms with E-state index in [0.29, 0.717) is 11.6 Å². The van der Waals surface area contributed by atoms with Crippen LogP contribution in [0.2, 0.25) is 0 Å². The zero-order valence-corrected chi connectivity index (χ0v) is 25.0. The van der Waals surface area contributed by atoms with Crippen LogP contribution in [0, 0.1) is 12.8 Å². The van der Waals surface area contributed by atoms with E-state index in [0.717, 1.165) is 70.5 Å². The second-order valence-corrected chi connectivity index (χ2v) is 13.1. The molecule has 2 heterocycles. The third-order valence-corrected chi connectivity index (χ3v) is 10.7. The summed E-state index contributed by atoms with van der Waals surface area (Å²) < 4.78 is 4.56. The van der Waals surface area contributed by atoms with E-state index >= 15 is 0 Å². The molecule has 7 aromatic rings. The number of benzene rings is 5. The quantitative estimate of drug-likeness (QED) is 0.0741. The second-order valence-electron chi connectivity index (χ2n) is 12.0. The summed E-state index contributed by atoms with van der Waals surface area (Å²) in [7, 11) is 0. The van der Waals surface area contributed by atoms with Crippen molar-refractivity contribution < 1.29 is 5.21 Å². The molecule has 1 saturated carbocycles. The summed E-state index contributed by atoms with van der Waals surface area (Å²) in [5, 5.41) is 20.0. The van der Waals surface area contributed by atoms with Crippen LogP contribution in [-0.4, -0.2) is 15.5 Å². The number of nitrogens with zero attached hydrogens (tertiary/aromatic N) is 2. The van der Waals surface area contributed by atoms with Crippen molar-refractivity contribution in [1.29, 1.82) is 0 Å². The first-order valence-corrected chi connectivity index (χ1v) is 16.1. The van der Waals surface area contributed by atoms with Crippen LogP contribution < -0.4 is 5.43 Å². The maximum atomic E-state index is 14.2. The standard InChI is InChI=1S/C38H32N2O2S/c1-23-11-5-6-14-26(23)35(39-42)25-19-20-31-30(21-25)33-36(40(31)22-24-12-3-2-4-13-24)28-16-8-7-15-27(28)34-37(41)29-17-9-10-18-32(29)43-38(33)34/h5-11,14-21,24,42H,2-4,12-13,22H2,1H3/b39-35+. The smallest absolute Gasteiger partial charge is 0.196 e. The first-order valence-electron chi connectivity index (χ1n) is 15.2. The van der Waals surface area contributed by atoms with E-state index in [4.69, 9.17) is 0 Å². The monoisotopic (exact) mass is 580 g/mol. The molecule has 5 aromatic carbocycles. The summed E-state index contributed by atoms with van der Waals surface area (Å²) >= 11 is 1.71. The Hall–Kier alpha value is -4.48. The van der Waals surface area contributed by atoms with Crippen LogP contribution in [0.15, 0.2) is 101 Å². The van der Waals surface area contributed by atoms with Gasteiger partial charge in [0.25, 0.3) is 0 Å². The molecule has 0 spiro atoms. The Bertz CT molecular complexity index is 2300. The van der Waals surface area contributed by atoms with E-state index < -0.39 is 0 Å². The van der Waals surface area contributed by atoms with Gasteiger partial charge >= 0.3 is 0 Å². The molecule has 0 aliphatic heterocycles. The molecule has 0 atom stereocenters. The molecular formula is C38H32N2O2S. The Morgan fingerprint density at radius 3 is 2.35 bits per heavy atom. The minimum atomic E-state index is 0.0873. The number of hydrogen-bond donors (Lipinski definition) is 1. The summed E-state index contributed by atoms with van der Waals surface area (Å²) in [6.07, 6.45) is 6.39. The van der Waals surface area contributed by atoms with Crippen molar-refractivity contribution in [2.24, 2.45) is 11.1 Å². The van der Waals surface area contributed by atoms with E-state index in [1.807, 2.05) is 55.5 Å². The third-order valence-electron chi connectivity index (χ3n) is 9.48. The van der Waals surface area contributed by atoms with Gasteiger partial charge in [0.1, 0.15) is 5.71 Å². The Kier molecular flexibility index (Phi) is 6.30. The minimum Gasteiger partial charge on any atom is -0.410 e. The molecule has 0 saturated heterocycles. The van der Waals surface area contributed by atoms with Gasteiger partial charge in [-0.3, -0.25) is 4.79 Å². The number of aromatic nitrogens is 1. The average Bonchev–Trinajstić information content (AvgIpc) is 3.36. The van der Waals surface area contributed by atoms with Gasteiger partial charge in [0, 0.05) is 59.5 Å². The Balaban J connectivity index is 1.54. The van der Waals surface area contributed by atoms with Crippen molar-refractivity contribution in [3.63, 3.8) is 0 Å².